The Hall–Kier alpha value is -2.28. The lowest BCUT2D eigenvalue weighted by molar-refractivity contribution is -0.140. The molecule has 1 aliphatic heterocycles. The van der Waals surface area contributed by atoms with Crippen molar-refractivity contribution in [1.29, 1.82) is 0 Å². The van der Waals surface area contributed by atoms with E-state index in [1.807, 2.05) is 25.7 Å². The van der Waals surface area contributed by atoms with Gasteiger partial charge in [-0.15, -0.1) is 0 Å². The van der Waals surface area contributed by atoms with E-state index in [1.165, 1.54) is 0 Å². The molecule has 2 aromatic heterocycles. The van der Waals surface area contributed by atoms with Crippen molar-refractivity contribution in [3.05, 3.63) is 40.8 Å². The summed E-state index contributed by atoms with van der Waals surface area (Å²) < 4.78 is 10.8. The Bertz CT molecular complexity index is 739. The molecule has 3 rings (SSSR count). The summed E-state index contributed by atoms with van der Waals surface area (Å²) >= 11 is 0. The molecule has 7 nitrogen and oxygen atoms in total. The van der Waals surface area contributed by atoms with Gasteiger partial charge in [0.1, 0.15) is 5.76 Å². The Kier molecular flexibility index (Phi) is 5.98. The van der Waals surface area contributed by atoms with Crippen molar-refractivity contribution in [2.75, 3.05) is 19.8 Å². The molecule has 1 atom stereocenters. The molecule has 7 heteroatoms. The van der Waals surface area contributed by atoms with Crippen LogP contribution in [0.3, 0.4) is 0 Å². The van der Waals surface area contributed by atoms with Crippen LogP contribution in [0, 0.1) is 20.8 Å². The van der Waals surface area contributed by atoms with E-state index in [2.05, 4.69) is 15.1 Å². The first kappa shape index (κ1) is 18.5. The topological polar surface area (TPSA) is 81.4 Å². The summed E-state index contributed by atoms with van der Waals surface area (Å²) in [4.78, 5) is 23.4. The molecule has 0 unspecified atom stereocenters. The highest BCUT2D eigenvalue weighted by Crippen LogP contribution is 2.18. The van der Waals surface area contributed by atoms with Crippen molar-refractivity contribution < 1.29 is 14.1 Å². The van der Waals surface area contributed by atoms with Gasteiger partial charge in [-0.2, -0.15) is 0 Å². The summed E-state index contributed by atoms with van der Waals surface area (Å²) in [6.45, 7) is 7.59. The highest BCUT2D eigenvalue weighted by Gasteiger charge is 2.27. The van der Waals surface area contributed by atoms with Crippen molar-refractivity contribution in [3.63, 3.8) is 0 Å². The lowest BCUT2D eigenvalue weighted by atomic mass is 10.0. The maximum atomic E-state index is 12.8. The van der Waals surface area contributed by atoms with Crippen LogP contribution in [0.1, 0.15) is 41.2 Å². The van der Waals surface area contributed by atoms with Gasteiger partial charge in [0.2, 0.25) is 5.91 Å². The van der Waals surface area contributed by atoms with Gasteiger partial charge < -0.3 is 14.2 Å². The molecule has 0 aromatic carbocycles. The van der Waals surface area contributed by atoms with Crippen LogP contribution in [0.2, 0.25) is 0 Å². The molecule has 26 heavy (non-hydrogen) atoms. The highest BCUT2D eigenvalue weighted by atomic mass is 16.5. The minimum atomic E-state index is 0.0855. The number of ether oxygens (including phenoxy) is 1. The second-order valence-corrected chi connectivity index (χ2v) is 6.75. The average molecular weight is 358 g/mol. The molecule has 0 spiro atoms. The summed E-state index contributed by atoms with van der Waals surface area (Å²) in [6, 6.07) is 0.0855. The maximum Gasteiger partial charge on any atom is 0.223 e. The number of nitrogens with zero attached hydrogens (tertiary/aromatic N) is 4. The number of hydrogen-bond acceptors (Lipinski definition) is 6. The fourth-order valence-electron chi connectivity index (χ4n) is 3.44. The predicted molar refractivity (Wildman–Crippen MR) is 95.7 cm³/mol. The molecule has 140 valence electrons. The number of carbonyl (C=O) groups is 1. The Balaban J connectivity index is 1.59. The zero-order valence-corrected chi connectivity index (χ0v) is 15.7. The van der Waals surface area contributed by atoms with E-state index in [0.29, 0.717) is 32.6 Å². The second kappa shape index (κ2) is 8.40. The van der Waals surface area contributed by atoms with Gasteiger partial charge in [0.05, 0.1) is 36.3 Å². The monoisotopic (exact) mass is 358 g/mol. The van der Waals surface area contributed by atoms with E-state index < -0.39 is 0 Å². The van der Waals surface area contributed by atoms with Crippen LogP contribution in [-0.4, -0.2) is 51.7 Å². The van der Waals surface area contributed by atoms with E-state index in [9.17, 15) is 4.79 Å². The Morgan fingerprint density at radius 3 is 2.73 bits per heavy atom. The van der Waals surface area contributed by atoms with Crippen LogP contribution >= 0.6 is 0 Å². The number of carbonyl (C=O) groups excluding carboxylic acids is 1. The molecule has 3 heterocycles. The van der Waals surface area contributed by atoms with Gasteiger partial charge in [0.15, 0.2) is 0 Å². The highest BCUT2D eigenvalue weighted by molar-refractivity contribution is 5.77. The second-order valence-electron chi connectivity index (χ2n) is 6.75. The zero-order valence-electron chi connectivity index (χ0n) is 15.7. The van der Waals surface area contributed by atoms with E-state index in [4.69, 9.17) is 9.26 Å². The fraction of sp³-hybridized carbons (Fsp3) is 0.579. The number of rotatable bonds is 6. The third-order valence-electron chi connectivity index (χ3n) is 5.02. The van der Waals surface area contributed by atoms with Gasteiger partial charge in [0.25, 0.3) is 0 Å². The van der Waals surface area contributed by atoms with Gasteiger partial charge in [-0.3, -0.25) is 14.8 Å². The molecule has 0 N–H and O–H groups in total. The van der Waals surface area contributed by atoms with Gasteiger partial charge in [0, 0.05) is 30.9 Å². The van der Waals surface area contributed by atoms with Crippen molar-refractivity contribution in [2.45, 2.75) is 52.5 Å². The van der Waals surface area contributed by atoms with Crippen LogP contribution in [0.4, 0.5) is 0 Å². The Morgan fingerprint density at radius 2 is 2.00 bits per heavy atom. The van der Waals surface area contributed by atoms with Crippen LogP contribution in [0.25, 0.3) is 0 Å². The minimum Gasteiger partial charge on any atom is -0.377 e. The van der Waals surface area contributed by atoms with Gasteiger partial charge >= 0.3 is 0 Å². The van der Waals surface area contributed by atoms with Gasteiger partial charge in [-0.25, -0.2) is 0 Å². The molecule has 1 saturated heterocycles. The van der Waals surface area contributed by atoms with Crippen LogP contribution < -0.4 is 0 Å². The quantitative estimate of drug-likeness (QED) is 0.787. The molecule has 2 aromatic rings. The minimum absolute atomic E-state index is 0.0855. The van der Waals surface area contributed by atoms with Crippen LogP contribution in [0.15, 0.2) is 16.9 Å². The summed E-state index contributed by atoms with van der Waals surface area (Å²) in [7, 11) is 0. The van der Waals surface area contributed by atoms with Crippen LogP contribution in [0.5, 0.6) is 0 Å². The van der Waals surface area contributed by atoms with E-state index in [0.717, 1.165) is 41.2 Å². The van der Waals surface area contributed by atoms with Crippen molar-refractivity contribution >= 4 is 5.91 Å². The lowest BCUT2D eigenvalue weighted by Gasteiger charge is -2.36. The molecule has 0 saturated carbocycles. The predicted octanol–water partition coefficient (Wildman–Crippen LogP) is 2.18. The number of aromatic nitrogens is 3. The van der Waals surface area contributed by atoms with Gasteiger partial charge in [-0.1, -0.05) is 5.16 Å². The number of morpholine rings is 1. The third kappa shape index (κ3) is 4.27. The maximum absolute atomic E-state index is 12.8. The molecular formula is C19H26N4O3. The van der Waals surface area contributed by atoms with E-state index in [1.54, 1.807) is 12.4 Å². The zero-order chi connectivity index (χ0) is 18.5. The average Bonchev–Trinajstić information content (AvgIpc) is 2.97. The number of amides is 1. The normalized spacial score (nSPS) is 17.5. The smallest absolute Gasteiger partial charge is 0.223 e. The third-order valence-corrected chi connectivity index (χ3v) is 5.02. The standard InChI is InChI=1S/C19H26N4O3/c1-13-17(15(3)26-22-13)5-7-19(24)23-10-11-25-12-16(23)4-6-18-14(2)20-8-9-21-18/h8-9,16H,4-7,10-12H2,1-3H3/t16-/m1/s1. The molecule has 0 radical (unpaired) electrons. The summed E-state index contributed by atoms with van der Waals surface area (Å²) in [5.74, 6) is 0.959. The molecule has 1 aliphatic rings. The molecule has 0 aliphatic carbocycles. The molecular weight excluding hydrogens is 332 g/mol. The Labute approximate surface area is 153 Å². The van der Waals surface area contributed by atoms with Crippen molar-refractivity contribution in [2.24, 2.45) is 0 Å². The summed E-state index contributed by atoms with van der Waals surface area (Å²) in [5, 5.41) is 3.96. The largest absolute Gasteiger partial charge is 0.377 e. The first-order valence-corrected chi connectivity index (χ1v) is 9.11. The van der Waals surface area contributed by atoms with E-state index in [-0.39, 0.29) is 11.9 Å². The van der Waals surface area contributed by atoms with Crippen molar-refractivity contribution in [1.82, 2.24) is 20.0 Å². The van der Waals surface area contributed by atoms with E-state index >= 15 is 0 Å². The molecule has 1 fully saturated rings. The molecule has 0 bridgehead atoms. The first-order valence-electron chi connectivity index (χ1n) is 9.11. The lowest BCUT2D eigenvalue weighted by Crippen LogP contribution is -2.49. The molecule has 1 amide bonds. The number of aryl methyl sites for hydroxylation is 4. The first-order chi connectivity index (χ1) is 12.6. The number of hydrogen-bond donors (Lipinski definition) is 0. The van der Waals surface area contributed by atoms with Crippen LogP contribution in [-0.2, 0) is 22.4 Å². The summed E-state index contributed by atoms with van der Waals surface area (Å²) in [6.07, 6.45) is 6.16. The Morgan fingerprint density at radius 1 is 1.19 bits per heavy atom. The van der Waals surface area contributed by atoms with Gasteiger partial charge in [-0.05, 0) is 40.0 Å². The SMILES string of the molecule is Cc1nccnc1CC[C@@H]1COCCN1C(=O)CCc1c(C)noc1C. The summed E-state index contributed by atoms with van der Waals surface area (Å²) in [5.41, 5.74) is 3.84. The van der Waals surface area contributed by atoms with Crippen molar-refractivity contribution in [3.8, 4) is 0 Å². The fourth-order valence-corrected chi connectivity index (χ4v) is 3.44.